The number of benzene rings is 2. The van der Waals surface area contributed by atoms with Crippen LogP contribution in [-0.4, -0.2) is 22.6 Å². The van der Waals surface area contributed by atoms with E-state index >= 15 is 0 Å². The molecule has 0 radical (unpaired) electrons. The molecule has 5 rings (SSSR count). The first-order valence-corrected chi connectivity index (χ1v) is 13.3. The lowest BCUT2D eigenvalue weighted by Crippen LogP contribution is -2.33. The summed E-state index contributed by atoms with van der Waals surface area (Å²) in [4.78, 5) is 23.0. The van der Waals surface area contributed by atoms with Gasteiger partial charge in [-0.25, -0.2) is 4.79 Å². The van der Waals surface area contributed by atoms with Gasteiger partial charge in [0.25, 0.3) is 0 Å². The lowest BCUT2D eigenvalue weighted by molar-refractivity contribution is -0.119. The molecule has 3 atom stereocenters. The van der Waals surface area contributed by atoms with Gasteiger partial charge in [0.05, 0.1) is 12.1 Å². The van der Waals surface area contributed by atoms with Gasteiger partial charge in [-0.15, -0.1) is 5.06 Å². The van der Waals surface area contributed by atoms with Crippen molar-refractivity contribution in [1.82, 2.24) is 10.0 Å². The molecule has 2 aliphatic rings. The molecule has 2 aromatic carbocycles. The van der Waals surface area contributed by atoms with E-state index in [9.17, 15) is 4.79 Å². The molecule has 0 amide bonds. The molecule has 0 saturated heterocycles. The van der Waals surface area contributed by atoms with Crippen molar-refractivity contribution < 1.29 is 9.63 Å². The first-order valence-electron chi connectivity index (χ1n) is 13.3. The van der Waals surface area contributed by atoms with E-state index in [-0.39, 0.29) is 12.0 Å². The highest BCUT2D eigenvalue weighted by Crippen LogP contribution is 2.39. The number of nitrogens with two attached hydrogens (primary N) is 1. The molecule has 1 aliphatic heterocycles. The number of carbonyl (C=O) groups excluding carboxylic acids is 1. The molecule has 0 spiro atoms. The normalized spacial score (nSPS) is 20.5. The van der Waals surface area contributed by atoms with Crippen LogP contribution in [0.15, 0.2) is 60.8 Å². The summed E-state index contributed by atoms with van der Waals surface area (Å²) in [5.74, 6) is 0.994. The number of aryl methyl sites for hydroxylation is 1. The van der Waals surface area contributed by atoms with Crippen LogP contribution >= 0.6 is 0 Å². The Morgan fingerprint density at radius 3 is 2.64 bits per heavy atom. The van der Waals surface area contributed by atoms with Gasteiger partial charge in [-0.2, -0.15) is 0 Å². The minimum atomic E-state index is -0.301. The smallest absolute Gasteiger partial charge is 0.357 e. The predicted octanol–water partition coefficient (Wildman–Crippen LogP) is 6.09. The molecule has 3 aromatic rings. The molecule has 1 aromatic heterocycles. The van der Waals surface area contributed by atoms with Gasteiger partial charge in [0.2, 0.25) is 0 Å². The Hall–Kier alpha value is -3.02. The minimum Gasteiger partial charge on any atom is -0.364 e. The number of hydroxylamine groups is 2. The van der Waals surface area contributed by atoms with E-state index in [1.54, 1.807) is 17.2 Å². The molecule has 5 heteroatoms. The summed E-state index contributed by atoms with van der Waals surface area (Å²) in [5.41, 5.74) is 15.0. The van der Waals surface area contributed by atoms with Gasteiger partial charge in [-0.3, -0.25) is 4.98 Å². The van der Waals surface area contributed by atoms with Gasteiger partial charge < -0.3 is 10.6 Å². The largest absolute Gasteiger partial charge is 0.364 e. The van der Waals surface area contributed by atoms with Gasteiger partial charge in [0, 0.05) is 24.5 Å². The van der Waals surface area contributed by atoms with Crippen molar-refractivity contribution in [3.05, 3.63) is 99.9 Å². The zero-order chi connectivity index (χ0) is 25.2. The van der Waals surface area contributed by atoms with Gasteiger partial charge in [-0.1, -0.05) is 63.2 Å². The Balaban J connectivity index is 1.25. The summed E-state index contributed by atoms with van der Waals surface area (Å²) in [7, 11) is 0. The Bertz CT molecular complexity index is 1220. The summed E-state index contributed by atoms with van der Waals surface area (Å²) in [6.45, 7) is 8.05. The van der Waals surface area contributed by atoms with Crippen LogP contribution in [0.2, 0.25) is 0 Å². The maximum Gasteiger partial charge on any atom is 0.357 e. The van der Waals surface area contributed by atoms with Crippen LogP contribution in [0, 0.1) is 5.92 Å². The van der Waals surface area contributed by atoms with Crippen LogP contribution in [0.3, 0.4) is 0 Å². The second kappa shape index (κ2) is 10.5. The molecule has 0 saturated carbocycles. The van der Waals surface area contributed by atoms with E-state index in [4.69, 9.17) is 15.6 Å². The number of hydrogen-bond acceptors (Lipinski definition) is 5. The summed E-state index contributed by atoms with van der Waals surface area (Å²) in [6, 6.07) is 18.3. The Morgan fingerprint density at radius 2 is 1.86 bits per heavy atom. The summed E-state index contributed by atoms with van der Waals surface area (Å²) in [6.07, 6.45) is 6.04. The Morgan fingerprint density at radius 1 is 1.06 bits per heavy atom. The van der Waals surface area contributed by atoms with Crippen molar-refractivity contribution in [1.29, 1.82) is 0 Å². The van der Waals surface area contributed by atoms with Crippen molar-refractivity contribution in [2.75, 3.05) is 6.54 Å². The third kappa shape index (κ3) is 5.23. The van der Waals surface area contributed by atoms with Crippen LogP contribution < -0.4 is 5.73 Å². The molecule has 3 unspecified atom stereocenters. The number of nitrogens with zero attached hydrogens (tertiary/aromatic N) is 2. The third-order valence-electron chi connectivity index (χ3n) is 7.96. The number of fused-ring (bicyclic) bond motifs is 2. The minimum absolute atomic E-state index is 0.0351. The van der Waals surface area contributed by atoms with Crippen LogP contribution in [0.4, 0.5) is 0 Å². The summed E-state index contributed by atoms with van der Waals surface area (Å²) < 4.78 is 0. The zero-order valence-corrected chi connectivity index (χ0v) is 21.6. The van der Waals surface area contributed by atoms with Crippen molar-refractivity contribution in [2.45, 2.75) is 70.9 Å². The second-order valence-corrected chi connectivity index (χ2v) is 10.8. The van der Waals surface area contributed by atoms with E-state index in [0.29, 0.717) is 36.4 Å². The molecule has 5 nitrogen and oxygen atoms in total. The van der Waals surface area contributed by atoms with Gasteiger partial charge in [0.1, 0.15) is 0 Å². The SMILES string of the molecule is CC(C)c1cnc2c(c1)C(N)C(CC(C)c1ccc3c(c1)CN(OC(=O)c1ccccc1)CC3)CC2. The first-order chi connectivity index (χ1) is 17.4. The van der Waals surface area contributed by atoms with Crippen molar-refractivity contribution in [3.8, 4) is 0 Å². The highest BCUT2D eigenvalue weighted by Gasteiger charge is 2.30. The van der Waals surface area contributed by atoms with E-state index < -0.39 is 0 Å². The zero-order valence-electron chi connectivity index (χ0n) is 21.6. The third-order valence-corrected chi connectivity index (χ3v) is 7.96. The maximum atomic E-state index is 12.5. The average molecular weight is 484 g/mol. The molecule has 0 bridgehead atoms. The molecule has 2 N–H and O–H groups in total. The molecule has 188 valence electrons. The molecule has 0 fully saturated rings. The first kappa shape index (κ1) is 24.7. The lowest BCUT2D eigenvalue weighted by atomic mass is 9.76. The van der Waals surface area contributed by atoms with Crippen molar-refractivity contribution in [3.63, 3.8) is 0 Å². The second-order valence-electron chi connectivity index (χ2n) is 10.8. The van der Waals surface area contributed by atoms with E-state index in [1.807, 2.05) is 24.4 Å². The summed E-state index contributed by atoms with van der Waals surface area (Å²) in [5, 5.41) is 1.79. The molecule has 36 heavy (non-hydrogen) atoms. The van der Waals surface area contributed by atoms with Crippen LogP contribution in [0.25, 0.3) is 0 Å². The van der Waals surface area contributed by atoms with E-state index in [2.05, 4.69) is 45.0 Å². The quantitative estimate of drug-likeness (QED) is 0.459. The van der Waals surface area contributed by atoms with Gasteiger partial charge in [-0.05, 0) is 83.4 Å². The Labute approximate surface area is 214 Å². The van der Waals surface area contributed by atoms with Gasteiger partial charge in [0.15, 0.2) is 0 Å². The lowest BCUT2D eigenvalue weighted by Gasteiger charge is -2.33. The number of aromatic nitrogens is 1. The molecular weight excluding hydrogens is 446 g/mol. The standard InChI is InChI=1S/C31H37N3O2/c1-20(2)26-17-28-29(33-18-26)12-11-25(30(28)32)15-21(3)24-10-9-22-13-14-34(19-27(22)16-24)36-31(35)23-7-5-4-6-8-23/h4-10,16-18,20-21,25,30H,11-15,19,32H2,1-3H3. The highest BCUT2D eigenvalue weighted by molar-refractivity contribution is 5.89. The fourth-order valence-corrected chi connectivity index (χ4v) is 5.63. The predicted molar refractivity (Wildman–Crippen MR) is 143 cm³/mol. The van der Waals surface area contributed by atoms with Crippen molar-refractivity contribution in [2.24, 2.45) is 11.7 Å². The van der Waals surface area contributed by atoms with Gasteiger partial charge >= 0.3 is 5.97 Å². The number of pyridine rings is 1. The number of carbonyl (C=O) groups is 1. The number of hydrogen-bond donors (Lipinski definition) is 1. The summed E-state index contributed by atoms with van der Waals surface area (Å²) >= 11 is 0. The monoisotopic (exact) mass is 483 g/mol. The highest BCUT2D eigenvalue weighted by atomic mass is 16.7. The Kier molecular flexibility index (Phi) is 7.22. The van der Waals surface area contributed by atoms with Crippen LogP contribution in [0.5, 0.6) is 0 Å². The molecule has 1 aliphatic carbocycles. The molecular formula is C31H37N3O2. The number of rotatable bonds is 6. The van der Waals surface area contributed by atoms with E-state index in [0.717, 1.165) is 25.7 Å². The van der Waals surface area contributed by atoms with E-state index in [1.165, 1.54) is 33.5 Å². The van der Waals surface area contributed by atoms with Crippen molar-refractivity contribution >= 4 is 5.97 Å². The fraction of sp³-hybridized carbons (Fsp3) is 0.419. The maximum absolute atomic E-state index is 12.5. The topological polar surface area (TPSA) is 68.4 Å². The fourth-order valence-electron chi connectivity index (χ4n) is 5.63. The average Bonchev–Trinajstić information content (AvgIpc) is 2.90. The molecule has 2 heterocycles. The van der Waals surface area contributed by atoms with Crippen LogP contribution in [-0.2, 0) is 24.2 Å². The van der Waals surface area contributed by atoms with Crippen LogP contribution in [0.1, 0.15) is 95.4 Å².